The Morgan fingerprint density at radius 1 is 1.38 bits per heavy atom. The lowest BCUT2D eigenvalue weighted by Crippen LogP contribution is -2.52. The average molecular weight is 228 g/mol. The molecule has 1 aliphatic rings. The number of nitrogens with zero attached hydrogens (tertiary/aromatic N) is 1. The third-order valence-electron chi connectivity index (χ3n) is 3.29. The first-order valence-electron chi connectivity index (χ1n) is 5.93. The minimum atomic E-state index is -0.411. The maximum atomic E-state index is 12.1. The minimum absolute atomic E-state index is 0.0713. The molecule has 0 saturated carbocycles. The molecule has 0 aromatic heterocycles. The van der Waals surface area contributed by atoms with Crippen LogP contribution in [0.4, 0.5) is 0 Å². The van der Waals surface area contributed by atoms with Crippen molar-refractivity contribution in [3.63, 3.8) is 0 Å². The van der Waals surface area contributed by atoms with Crippen molar-refractivity contribution in [2.24, 2.45) is 11.1 Å². The van der Waals surface area contributed by atoms with E-state index in [9.17, 15) is 4.79 Å². The predicted molar refractivity (Wildman–Crippen MR) is 64.0 cm³/mol. The number of carbonyl (C=O) groups excluding carboxylic acids is 1. The lowest BCUT2D eigenvalue weighted by Gasteiger charge is -2.36. The van der Waals surface area contributed by atoms with E-state index < -0.39 is 6.04 Å². The molecule has 0 unspecified atom stereocenters. The molecule has 1 amide bonds. The van der Waals surface area contributed by atoms with E-state index in [1.54, 1.807) is 7.11 Å². The first-order valence-corrected chi connectivity index (χ1v) is 5.93. The number of methoxy groups -OCH3 is 1. The lowest BCUT2D eigenvalue weighted by molar-refractivity contribution is -0.137. The second kappa shape index (κ2) is 5.15. The Kier molecular flexibility index (Phi) is 4.33. The van der Waals surface area contributed by atoms with E-state index in [1.807, 2.05) is 25.7 Å². The highest BCUT2D eigenvalue weighted by molar-refractivity contribution is 5.82. The van der Waals surface area contributed by atoms with Crippen LogP contribution in [0.25, 0.3) is 0 Å². The molecule has 4 heteroatoms. The van der Waals surface area contributed by atoms with E-state index in [1.165, 1.54) is 0 Å². The molecule has 1 atom stereocenters. The van der Waals surface area contributed by atoms with Gasteiger partial charge in [0, 0.05) is 20.2 Å². The number of hydrogen-bond donors (Lipinski definition) is 1. The molecule has 0 bridgehead atoms. The first kappa shape index (κ1) is 13.5. The van der Waals surface area contributed by atoms with Crippen LogP contribution in [0.15, 0.2) is 0 Å². The number of hydrogen-bond acceptors (Lipinski definition) is 3. The number of rotatable bonds is 2. The Morgan fingerprint density at radius 3 is 2.25 bits per heavy atom. The van der Waals surface area contributed by atoms with Gasteiger partial charge in [0.25, 0.3) is 0 Å². The third kappa shape index (κ3) is 3.19. The van der Waals surface area contributed by atoms with Crippen LogP contribution >= 0.6 is 0 Å². The topological polar surface area (TPSA) is 55.6 Å². The predicted octanol–water partition coefficient (Wildman–Crippen LogP) is 0.997. The summed E-state index contributed by atoms with van der Waals surface area (Å²) in [7, 11) is 1.73. The van der Waals surface area contributed by atoms with Gasteiger partial charge in [0.15, 0.2) is 0 Å². The van der Waals surface area contributed by atoms with Gasteiger partial charge in [-0.05, 0) is 18.3 Å². The average Bonchev–Trinajstić information content (AvgIpc) is 2.26. The van der Waals surface area contributed by atoms with Gasteiger partial charge in [0.05, 0.1) is 12.1 Å². The summed E-state index contributed by atoms with van der Waals surface area (Å²) in [5.74, 6) is 0.0713. The van der Waals surface area contributed by atoms with Gasteiger partial charge in [0.1, 0.15) is 0 Å². The molecule has 4 nitrogen and oxygen atoms in total. The number of nitrogens with two attached hydrogens (primary N) is 1. The number of amides is 1. The van der Waals surface area contributed by atoms with Crippen molar-refractivity contribution in [2.75, 3.05) is 20.2 Å². The molecular formula is C12H24N2O2. The summed E-state index contributed by atoms with van der Waals surface area (Å²) in [4.78, 5) is 14.0. The third-order valence-corrected chi connectivity index (χ3v) is 3.29. The van der Waals surface area contributed by atoms with Crippen molar-refractivity contribution < 1.29 is 9.53 Å². The molecule has 0 aromatic rings. The molecule has 1 fully saturated rings. The van der Waals surface area contributed by atoms with Gasteiger partial charge in [-0.25, -0.2) is 0 Å². The highest BCUT2D eigenvalue weighted by Gasteiger charge is 2.32. The van der Waals surface area contributed by atoms with E-state index >= 15 is 0 Å². The monoisotopic (exact) mass is 228 g/mol. The molecule has 1 saturated heterocycles. The van der Waals surface area contributed by atoms with Crippen molar-refractivity contribution in [2.45, 2.75) is 45.8 Å². The van der Waals surface area contributed by atoms with Gasteiger partial charge in [-0.2, -0.15) is 0 Å². The summed E-state index contributed by atoms with van der Waals surface area (Å²) in [6, 6.07) is -0.411. The SMILES string of the molecule is COC1CCN(C(=O)[C@H](N)C(C)(C)C)CC1. The Hall–Kier alpha value is -0.610. The van der Waals surface area contributed by atoms with E-state index in [2.05, 4.69) is 0 Å². The molecule has 1 aliphatic heterocycles. The van der Waals surface area contributed by atoms with Crippen molar-refractivity contribution in [3.8, 4) is 0 Å². The molecule has 94 valence electrons. The summed E-state index contributed by atoms with van der Waals surface area (Å²) in [5, 5.41) is 0. The van der Waals surface area contributed by atoms with Gasteiger partial charge in [-0.15, -0.1) is 0 Å². The zero-order valence-electron chi connectivity index (χ0n) is 10.8. The van der Waals surface area contributed by atoms with E-state index in [4.69, 9.17) is 10.5 Å². The van der Waals surface area contributed by atoms with Crippen LogP contribution in [0.3, 0.4) is 0 Å². The normalized spacial score (nSPS) is 20.9. The summed E-state index contributed by atoms with van der Waals surface area (Å²) < 4.78 is 5.28. The molecule has 0 radical (unpaired) electrons. The zero-order chi connectivity index (χ0) is 12.3. The quantitative estimate of drug-likeness (QED) is 0.767. The number of carbonyl (C=O) groups is 1. The summed E-state index contributed by atoms with van der Waals surface area (Å²) in [6.07, 6.45) is 2.13. The highest BCUT2D eigenvalue weighted by Crippen LogP contribution is 2.21. The van der Waals surface area contributed by atoms with Crippen LogP contribution in [0, 0.1) is 5.41 Å². The summed E-state index contributed by atoms with van der Waals surface area (Å²) >= 11 is 0. The molecule has 16 heavy (non-hydrogen) atoms. The Labute approximate surface area is 98.1 Å². The van der Waals surface area contributed by atoms with Crippen molar-refractivity contribution in [1.29, 1.82) is 0 Å². The standard InChI is InChI=1S/C12H24N2O2/c1-12(2,3)10(13)11(15)14-7-5-9(16-4)6-8-14/h9-10H,5-8,13H2,1-4H3/t10-/m0/s1. The summed E-state index contributed by atoms with van der Waals surface area (Å²) in [6.45, 7) is 7.52. The summed E-state index contributed by atoms with van der Waals surface area (Å²) in [5.41, 5.74) is 5.80. The lowest BCUT2D eigenvalue weighted by atomic mass is 9.86. The first-order chi connectivity index (χ1) is 7.36. The second-order valence-corrected chi connectivity index (χ2v) is 5.60. The molecule has 2 N–H and O–H groups in total. The molecule has 0 spiro atoms. The number of likely N-dealkylation sites (tertiary alicyclic amines) is 1. The Balaban J connectivity index is 2.51. The van der Waals surface area contributed by atoms with Crippen LogP contribution in [0.2, 0.25) is 0 Å². The Bertz CT molecular complexity index is 240. The van der Waals surface area contributed by atoms with Gasteiger partial charge in [-0.3, -0.25) is 4.79 Å². The van der Waals surface area contributed by atoms with Gasteiger partial charge in [-0.1, -0.05) is 20.8 Å². The van der Waals surface area contributed by atoms with Crippen LogP contribution in [0.5, 0.6) is 0 Å². The molecule has 0 aromatic carbocycles. The minimum Gasteiger partial charge on any atom is -0.381 e. The maximum absolute atomic E-state index is 12.1. The van der Waals surface area contributed by atoms with Crippen LogP contribution < -0.4 is 5.73 Å². The zero-order valence-corrected chi connectivity index (χ0v) is 10.8. The molecule has 0 aliphatic carbocycles. The van der Waals surface area contributed by atoms with E-state index in [-0.39, 0.29) is 11.3 Å². The fourth-order valence-corrected chi connectivity index (χ4v) is 1.88. The van der Waals surface area contributed by atoms with Crippen LogP contribution in [0.1, 0.15) is 33.6 Å². The fraction of sp³-hybridized carbons (Fsp3) is 0.917. The maximum Gasteiger partial charge on any atom is 0.240 e. The van der Waals surface area contributed by atoms with Gasteiger partial charge in [0.2, 0.25) is 5.91 Å². The Morgan fingerprint density at radius 2 is 1.88 bits per heavy atom. The van der Waals surface area contributed by atoms with Crippen molar-refractivity contribution >= 4 is 5.91 Å². The molecule has 1 heterocycles. The van der Waals surface area contributed by atoms with Crippen LogP contribution in [-0.4, -0.2) is 43.2 Å². The highest BCUT2D eigenvalue weighted by atomic mass is 16.5. The molecule has 1 rings (SSSR count). The van der Waals surface area contributed by atoms with Gasteiger partial charge >= 0.3 is 0 Å². The van der Waals surface area contributed by atoms with Crippen LogP contribution in [-0.2, 0) is 9.53 Å². The van der Waals surface area contributed by atoms with Gasteiger partial charge < -0.3 is 15.4 Å². The van der Waals surface area contributed by atoms with E-state index in [0.29, 0.717) is 6.10 Å². The van der Waals surface area contributed by atoms with E-state index in [0.717, 1.165) is 25.9 Å². The fourth-order valence-electron chi connectivity index (χ4n) is 1.88. The van der Waals surface area contributed by atoms with Crippen molar-refractivity contribution in [3.05, 3.63) is 0 Å². The smallest absolute Gasteiger partial charge is 0.240 e. The number of ether oxygens (including phenoxy) is 1. The van der Waals surface area contributed by atoms with Crippen molar-refractivity contribution in [1.82, 2.24) is 4.90 Å². The second-order valence-electron chi connectivity index (χ2n) is 5.60. The largest absolute Gasteiger partial charge is 0.381 e. The molecular weight excluding hydrogens is 204 g/mol. The number of piperidine rings is 1.